The number of aryl methyl sites for hydroxylation is 1. The van der Waals surface area contributed by atoms with Gasteiger partial charge in [-0.05, 0) is 42.8 Å². The Morgan fingerprint density at radius 1 is 1.23 bits per heavy atom. The molecule has 2 amide bonds. The highest BCUT2D eigenvalue weighted by atomic mass is 32.1. The van der Waals surface area contributed by atoms with Crippen molar-refractivity contribution >= 4 is 34.8 Å². The predicted octanol–water partition coefficient (Wildman–Crippen LogP) is 2.84. The molecule has 0 unspecified atom stereocenters. The van der Waals surface area contributed by atoms with Crippen LogP contribution in [0.15, 0.2) is 41.8 Å². The van der Waals surface area contributed by atoms with E-state index in [0.29, 0.717) is 23.5 Å². The number of esters is 1. The number of carbonyl (C=O) groups excluding carboxylic acids is 3. The van der Waals surface area contributed by atoms with Gasteiger partial charge in [0.1, 0.15) is 6.04 Å². The maximum absolute atomic E-state index is 12.5. The van der Waals surface area contributed by atoms with E-state index in [-0.39, 0.29) is 12.5 Å². The highest BCUT2D eigenvalue weighted by molar-refractivity contribution is 7.12. The summed E-state index contributed by atoms with van der Waals surface area (Å²) < 4.78 is 5.16. The van der Waals surface area contributed by atoms with E-state index in [0.717, 1.165) is 12.0 Å². The van der Waals surface area contributed by atoms with E-state index in [1.807, 2.05) is 30.5 Å². The zero-order chi connectivity index (χ0) is 18.5. The molecule has 3 rings (SSSR count). The summed E-state index contributed by atoms with van der Waals surface area (Å²) in [4.78, 5) is 39.0. The number of hydrogen-bond acceptors (Lipinski definition) is 5. The first-order valence-corrected chi connectivity index (χ1v) is 9.31. The predicted molar refractivity (Wildman–Crippen MR) is 99.1 cm³/mol. The van der Waals surface area contributed by atoms with Crippen LogP contribution in [0.4, 0.5) is 5.69 Å². The van der Waals surface area contributed by atoms with Crippen LogP contribution in [0, 0.1) is 6.92 Å². The second-order valence-electron chi connectivity index (χ2n) is 6.10. The summed E-state index contributed by atoms with van der Waals surface area (Å²) in [6.45, 7) is 2.03. The summed E-state index contributed by atoms with van der Waals surface area (Å²) in [6.07, 6.45) is 1.29. The van der Waals surface area contributed by atoms with E-state index in [2.05, 4.69) is 5.32 Å². The minimum absolute atomic E-state index is 0.163. The van der Waals surface area contributed by atoms with Crippen LogP contribution in [0.25, 0.3) is 0 Å². The molecule has 1 N–H and O–H groups in total. The second-order valence-corrected chi connectivity index (χ2v) is 7.05. The molecule has 1 aliphatic heterocycles. The fourth-order valence-electron chi connectivity index (χ4n) is 2.93. The maximum atomic E-state index is 12.5. The summed E-state index contributed by atoms with van der Waals surface area (Å²) in [7, 11) is 0. The Bertz CT molecular complexity index is 804. The molecule has 136 valence electrons. The van der Waals surface area contributed by atoms with Crippen LogP contribution in [-0.4, -0.2) is 41.9 Å². The third kappa shape index (κ3) is 4.11. The number of nitrogens with one attached hydrogen (secondary N) is 1. The van der Waals surface area contributed by atoms with Gasteiger partial charge in [0.05, 0.1) is 4.88 Å². The van der Waals surface area contributed by atoms with Crippen LogP contribution in [0.5, 0.6) is 0 Å². The van der Waals surface area contributed by atoms with Crippen molar-refractivity contribution in [1.29, 1.82) is 0 Å². The van der Waals surface area contributed by atoms with Crippen LogP contribution in [0.1, 0.15) is 28.1 Å². The number of rotatable bonds is 5. The number of para-hydroxylation sites is 1. The fourth-order valence-corrected chi connectivity index (χ4v) is 3.61. The molecule has 0 saturated carbocycles. The van der Waals surface area contributed by atoms with Gasteiger partial charge in [0.25, 0.3) is 11.8 Å². The molecule has 1 saturated heterocycles. The molecule has 7 heteroatoms. The van der Waals surface area contributed by atoms with Gasteiger partial charge >= 0.3 is 5.97 Å². The average molecular weight is 372 g/mol. The zero-order valence-electron chi connectivity index (χ0n) is 14.4. The number of hydrogen-bond donors (Lipinski definition) is 1. The molecule has 1 aliphatic rings. The minimum Gasteiger partial charge on any atom is -0.454 e. The third-order valence-corrected chi connectivity index (χ3v) is 5.14. The van der Waals surface area contributed by atoms with Crippen molar-refractivity contribution in [3.63, 3.8) is 0 Å². The first kappa shape index (κ1) is 18.1. The van der Waals surface area contributed by atoms with Gasteiger partial charge in [-0.2, -0.15) is 0 Å². The van der Waals surface area contributed by atoms with E-state index in [1.165, 1.54) is 16.2 Å². The molecular weight excluding hydrogens is 352 g/mol. The van der Waals surface area contributed by atoms with Gasteiger partial charge in [-0.15, -0.1) is 11.3 Å². The van der Waals surface area contributed by atoms with Gasteiger partial charge in [0, 0.05) is 12.2 Å². The zero-order valence-corrected chi connectivity index (χ0v) is 15.3. The van der Waals surface area contributed by atoms with Crippen molar-refractivity contribution in [2.45, 2.75) is 25.8 Å². The molecule has 1 aromatic heterocycles. The Labute approximate surface area is 155 Å². The largest absolute Gasteiger partial charge is 0.454 e. The molecule has 6 nitrogen and oxygen atoms in total. The van der Waals surface area contributed by atoms with Crippen molar-refractivity contribution in [3.8, 4) is 0 Å². The van der Waals surface area contributed by atoms with E-state index in [9.17, 15) is 14.4 Å². The van der Waals surface area contributed by atoms with Crippen LogP contribution in [0.3, 0.4) is 0 Å². The Kier molecular flexibility index (Phi) is 5.68. The lowest BCUT2D eigenvalue weighted by atomic mass is 10.2. The number of ether oxygens (including phenoxy) is 1. The molecule has 0 spiro atoms. The van der Waals surface area contributed by atoms with E-state index in [1.54, 1.807) is 18.2 Å². The molecule has 26 heavy (non-hydrogen) atoms. The van der Waals surface area contributed by atoms with E-state index in [4.69, 9.17) is 4.74 Å². The number of amides is 2. The van der Waals surface area contributed by atoms with Crippen molar-refractivity contribution in [2.75, 3.05) is 18.5 Å². The summed E-state index contributed by atoms with van der Waals surface area (Å²) in [5, 5.41) is 4.54. The molecule has 1 fully saturated rings. The lowest BCUT2D eigenvalue weighted by Crippen LogP contribution is -2.41. The van der Waals surface area contributed by atoms with Gasteiger partial charge < -0.3 is 15.0 Å². The molecule has 0 aliphatic carbocycles. The van der Waals surface area contributed by atoms with E-state index < -0.39 is 17.9 Å². The van der Waals surface area contributed by atoms with Crippen molar-refractivity contribution in [1.82, 2.24) is 4.90 Å². The maximum Gasteiger partial charge on any atom is 0.329 e. The molecule has 2 heterocycles. The first-order chi connectivity index (χ1) is 12.6. The second kappa shape index (κ2) is 8.14. The Morgan fingerprint density at radius 2 is 2.04 bits per heavy atom. The minimum atomic E-state index is -0.629. The van der Waals surface area contributed by atoms with Crippen molar-refractivity contribution < 1.29 is 19.1 Å². The van der Waals surface area contributed by atoms with Gasteiger partial charge in [-0.1, -0.05) is 24.3 Å². The summed E-state index contributed by atoms with van der Waals surface area (Å²) in [6, 6.07) is 10.3. The normalized spacial score (nSPS) is 16.3. The Hall–Kier alpha value is -2.67. The highest BCUT2D eigenvalue weighted by Gasteiger charge is 2.36. The third-order valence-electron chi connectivity index (χ3n) is 4.28. The molecule has 0 bridgehead atoms. The molecule has 1 atom stereocenters. The number of anilines is 1. The van der Waals surface area contributed by atoms with Gasteiger partial charge in [0.15, 0.2) is 6.61 Å². The van der Waals surface area contributed by atoms with E-state index >= 15 is 0 Å². The Balaban J connectivity index is 1.55. The summed E-state index contributed by atoms with van der Waals surface area (Å²) in [5.74, 6) is -1.10. The Morgan fingerprint density at radius 3 is 2.77 bits per heavy atom. The fraction of sp³-hybridized carbons (Fsp3) is 0.316. The molecular formula is C19H20N2O4S. The topological polar surface area (TPSA) is 75.7 Å². The monoisotopic (exact) mass is 372 g/mol. The lowest BCUT2D eigenvalue weighted by Gasteiger charge is -2.22. The van der Waals surface area contributed by atoms with Crippen LogP contribution >= 0.6 is 11.3 Å². The molecule has 0 radical (unpaired) electrons. The average Bonchev–Trinajstić information content (AvgIpc) is 3.33. The first-order valence-electron chi connectivity index (χ1n) is 8.43. The SMILES string of the molecule is Cc1ccccc1NC(=O)COC(=O)[C@@H]1CCCN1C(=O)c1cccs1. The van der Waals surface area contributed by atoms with Crippen molar-refractivity contribution in [2.24, 2.45) is 0 Å². The smallest absolute Gasteiger partial charge is 0.329 e. The quantitative estimate of drug-likeness (QED) is 0.819. The summed E-state index contributed by atoms with van der Waals surface area (Å²) >= 11 is 1.35. The number of carbonyl (C=O) groups is 3. The number of nitrogens with zero attached hydrogens (tertiary/aromatic N) is 1. The van der Waals surface area contributed by atoms with Crippen LogP contribution in [0.2, 0.25) is 0 Å². The van der Waals surface area contributed by atoms with Crippen molar-refractivity contribution in [3.05, 3.63) is 52.2 Å². The van der Waals surface area contributed by atoms with Gasteiger partial charge in [0.2, 0.25) is 0 Å². The molecule has 1 aromatic carbocycles. The highest BCUT2D eigenvalue weighted by Crippen LogP contribution is 2.23. The standard InChI is InChI=1S/C19H20N2O4S/c1-13-6-2-3-7-14(13)20-17(22)12-25-19(24)15-8-4-10-21(15)18(23)16-9-5-11-26-16/h2-3,5-7,9,11,15H,4,8,10,12H2,1H3,(H,20,22)/t15-/m0/s1. The number of thiophene rings is 1. The summed E-state index contributed by atoms with van der Waals surface area (Å²) in [5.41, 5.74) is 1.61. The van der Waals surface area contributed by atoms with Crippen LogP contribution < -0.4 is 5.32 Å². The van der Waals surface area contributed by atoms with Gasteiger partial charge in [-0.25, -0.2) is 4.79 Å². The van der Waals surface area contributed by atoms with Gasteiger partial charge in [-0.3, -0.25) is 9.59 Å². The molecule has 2 aromatic rings. The van der Waals surface area contributed by atoms with Crippen LogP contribution in [-0.2, 0) is 14.3 Å². The number of benzene rings is 1. The lowest BCUT2D eigenvalue weighted by molar-refractivity contribution is -0.151. The number of likely N-dealkylation sites (tertiary alicyclic amines) is 1.